The molecule has 4 aromatic rings. The van der Waals surface area contributed by atoms with Gasteiger partial charge in [0.15, 0.2) is 11.5 Å². The lowest BCUT2D eigenvalue weighted by atomic mass is 9.96. The second kappa shape index (κ2) is 8.06. The molecule has 29 heavy (non-hydrogen) atoms. The lowest BCUT2D eigenvalue weighted by Crippen LogP contribution is -2.13. The molecular formula is C23H21N3O3. The number of hydrogen-bond donors (Lipinski definition) is 2. The zero-order chi connectivity index (χ0) is 20.2. The van der Waals surface area contributed by atoms with Gasteiger partial charge in [-0.15, -0.1) is 0 Å². The van der Waals surface area contributed by atoms with Crippen LogP contribution in [0, 0.1) is 0 Å². The Bertz CT molecular complexity index is 1130. The Morgan fingerprint density at radius 2 is 1.69 bits per heavy atom. The molecule has 0 aliphatic rings. The predicted molar refractivity (Wildman–Crippen MR) is 113 cm³/mol. The number of nitrogens with zero attached hydrogens (tertiary/aromatic N) is 2. The highest BCUT2D eigenvalue weighted by Crippen LogP contribution is 2.38. The summed E-state index contributed by atoms with van der Waals surface area (Å²) in [6.45, 7) is 0. The van der Waals surface area contributed by atoms with E-state index in [-0.39, 0.29) is 11.8 Å². The Hall–Kier alpha value is -3.80. The first kappa shape index (κ1) is 18.6. The lowest BCUT2D eigenvalue weighted by Gasteiger charge is -2.23. The smallest absolute Gasteiger partial charge is 0.162 e. The number of ether oxygens (including phenoxy) is 2. The fraction of sp³-hybridized carbons (Fsp3) is 0.130. The van der Waals surface area contributed by atoms with Crippen LogP contribution in [0.5, 0.6) is 17.2 Å². The molecule has 0 radical (unpaired) electrons. The van der Waals surface area contributed by atoms with Gasteiger partial charge in [0, 0.05) is 41.3 Å². The van der Waals surface area contributed by atoms with E-state index in [9.17, 15) is 5.11 Å². The fourth-order valence-electron chi connectivity index (χ4n) is 3.37. The summed E-state index contributed by atoms with van der Waals surface area (Å²) in [5.74, 6) is 1.42. The first-order chi connectivity index (χ1) is 14.2. The van der Waals surface area contributed by atoms with E-state index in [1.54, 1.807) is 32.8 Å². The Morgan fingerprint density at radius 3 is 2.45 bits per heavy atom. The summed E-state index contributed by atoms with van der Waals surface area (Å²) in [5.41, 5.74) is 3.07. The monoisotopic (exact) mass is 387 g/mol. The summed E-state index contributed by atoms with van der Waals surface area (Å²) in [6.07, 6.45) is 5.14. The van der Waals surface area contributed by atoms with Gasteiger partial charge in [-0.25, -0.2) is 0 Å². The van der Waals surface area contributed by atoms with E-state index in [1.165, 1.54) is 0 Å². The summed E-state index contributed by atoms with van der Waals surface area (Å²) in [5, 5.41) is 15.4. The first-order valence-electron chi connectivity index (χ1n) is 9.16. The van der Waals surface area contributed by atoms with Crippen molar-refractivity contribution >= 4 is 16.6 Å². The minimum Gasteiger partial charge on any atom is -0.505 e. The molecule has 0 aliphatic carbocycles. The number of aromatic hydroxyl groups is 1. The van der Waals surface area contributed by atoms with E-state index >= 15 is 0 Å². The van der Waals surface area contributed by atoms with E-state index < -0.39 is 0 Å². The van der Waals surface area contributed by atoms with E-state index in [0.29, 0.717) is 17.0 Å². The number of nitrogens with one attached hydrogen (secondary N) is 1. The highest BCUT2D eigenvalue weighted by molar-refractivity contribution is 5.86. The Morgan fingerprint density at radius 1 is 0.897 bits per heavy atom. The third-order valence-electron chi connectivity index (χ3n) is 4.82. The molecule has 6 nitrogen and oxygen atoms in total. The molecule has 0 amide bonds. The number of phenols is 1. The first-order valence-corrected chi connectivity index (χ1v) is 9.16. The zero-order valence-electron chi connectivity index (χ0n) is 16.2. The molecule has 0 bridgehead atoms. The van der Waals surface area contributed by atoms with Crippen LogP contribution in [-0.2, 0) is 0 Å². The van der Waals surface area contributed by atoms with Crippen molar-refractivity contribution in [1.82, 2.24) is 9.97 Å². The number of anilines is 1. The quantitative estimate of drug-likeness (QED) is 0.505. The van der Waals surface area contributed by atoms with Gasteiger partial charge < -0.3 is 19.9 Å². The third kappa shape index (κ3) is 3.65. The molecule has 6 heteroatoms. The standard InChI is InChI=1S/C23H21N3O3/c1-28-19-8-6-17(14-20(19)29-2)26-21(16-9-12-24-13-10-16)18-7-5-15-4-3-11-25-22(15)23(18)27/h3-14,21,26-27H,1-2H3. The topological polar surface area (TPSA) is 76.5 Å². The van der Waals surface area contributed by atoms with Crippen LogP contribution < -0.4 is 14.8 Å². The normalized spacial score (nSPS) is 11.8. The van der Waals surface area contributed by atoms with Gasteiger partial charge in [0.05, 0.1) is 20.3 Å². The van der Waals surface area contributed by atoms with Gasteiger partial charge in [-0.3, -0.25) is 9.97 Å². The van der Waals surface area contributed by atoms with Gasteiger partial charge in [-0.2, -0.15) is 0 Å². The van der Waals surface area contributed by atoms with Crippen molar-refractivity contribution in [2.75, 3.05) is 19.5 Å². The average molecular weight is 387 g/mol. The number of phenolic OH excluding ortho intramolecular Hbond substituents is 1. The molecule has 2 N–H and O–H groups in total. The lowest BCUT2D eigenvalue weighted by molar-refractivity contribution is 0.355. The van der Waals surface area contributed by atoms with Crippen molar-refractivity contribution in [3.05, 3.63) is 84.3 Å². The highest BCUT2D eigenvalue weighted by atomic mass is 16.5. The van der Waals surface area contributed by atoms with Crippen LogP contribution in [0.4, 0.5) is 5.69 Å². The fourth-order valence-corrected chi connectivity index (χ4v) is 3.37. The molecule has 2 heterocycles. The number of pyridine rings is 2. The van der Waals surface area contributed by atoms with Crippen molar-refractivity contribution in [2.24, 2.45) is 0 Å². The maximum Gasteiger partial charge on any atom is 0.162 e. The van der Waals surface area contributed by atoms with Crippen LogP contribution in [0.25, 0.3) is 10.9 Å². The highest BCUT2D eigenvalue weighted by Gasteiger charge is 2.20. The number of methoxy groups -OCH3 is 2. The van der Waals surface area contributed by atoms with E-state index in [0.717, 1.165) is 22.2 Å². The molecule has 4 rings (SSSR count). The van der Waals surface area contributed by atoms with Gasteiger partial charge in [-0.1, -0.05) is 18.2 Å². The van der Waals surface area contributed by atoms with Crippen molar-refractivity contribution in [2.45, 2.75) is 6.04 Å². The van der Waals surface area contributed by atoms with Crippen LogP contribution in [-0.4, -0.2) is 29.3 Å². The molecule has 0 aliphatic heterocycles. The van der Waals surface area contributed by atoms with E-state index in [1.807, 2.05) is 54.6 Å². The van der Waals surface area contributed by atoms with Crippen LogP contribution >= 0.6 is 0 Å². The number of aromatic nitrogens is 2. The van der Waals surface area contributed by atoms with E-state index in [2.05, 4.69) is 15.3 Å². The summed E-state index contributed by atoms with van der Waals surface area (Å²) >= 11 is 0. The summed E-state index contributed by atoms with van der Waals surface area (Å²) in [4.78, 5) is 8.46. The second-order valence-corrected chi connectivity index (χ2v) is 6.51. The summed E-state index contributed by atoms with van der Waals surface area (Å²) in [7, 11) is 3.20. The number of benzene rings is 2. The molecule has 0 saturated carbocycles. The SMILES string of the molecule is COc1ccc(NC(c2ccncc2)c2ccc3cccnc3c2O)cc1OC. The van der Waals surface area contributed by atoms with Crippen molar-refractivity contribution < 1.29 is 14.6 Å². The van der Waals surface area contributed by atoms with Crippen LogP contribution in [0.2, 0.25) is 0 Å². The molecule has 146 valence electrons. The van der Waals surface area contributed by atoms with Crippen molar-refractivity contribution in [3.8, 4) is 17.2 Å². The molecule has 0 spiro atoms. The molecule has 1 atom stereocenters. The van der Waals surface area contributed by atoms with Crippen LogP contribution in [0.1, 0.15) is 17.2 Å². The largest absolute Gasteiger partial charge is 0.505 e. The van der Waals surface area contributed by atoms with Gasteiger partial charge >= 0.3 is 0 Å². The van der Waals surface area contributed by atoms with Crippen LogP contribution in [0.15, 0.2) is 73.2 Å². The molecule has 0 fully saturated rings. The predicted octanol–water partition coefficient (Wildman–Crippen LogP) is 4.55. The van der Waals surface area contributed by atoms with Gasteiger partial charge in [0.1, 0.15) is 11.3 Å². The number of hydrogen-bond acceptors (Lipinski definition) is 6. The van der Waals surface area contributed by atoms with Gasteiger partial charge in [0.2, 0.25) is 0 Å². The van der Waals surface area contributed by atoms with Gasteiger partial charge in [0.25, 0.3) is 0 Å². The maximum atomic E-state index is 11.0. The average Bonchev–Trinajstić information content (AvgIpc) is 2.78. The minimum absolute atomic E-state index is 0.151. The summed E-state index contributed by atoms with van der Waals surface area (Å²) < 4.78 is 10.7. The molecule has 2 aromatic carbocycles. The third-order valence-corrected chi connectivity index (χ3v) is 4.82. The molecule has 0 saturated heterocycles. The zero-order valence-corrected chi connectivity index (χ0v) is 16.2. The minimum atomic E-state index is -0.317. The molecular weight excluding hydrogens is 366 g/mol. The van der Waals surface area contributed by atoms with E-state index in [4.69, 9.17) is 9.47 Å². The van der Waals surface area contributed by atoms with Crippen molar-refractivity contribution in [3.63, 3.8) is 0 Å². The number of rotatable bonds is 6. The molecule has 1 unspecified atom stereocenters. The Kier molecular flexibility index (Phi) is 5.16. The maximum absolute atomic E-state index is 11.0. The Balaban J connectivity index is 1.81. The van der Waals surface area contributed by atoms with Crippen molar-refractivity contribution in [1.29, 1.82) is 0 Å². The Labute approximate surface area is 168 Å². The molecule has 2 aromatic heterocycles. The second-order valence-electron chi connectivity index (χ2n) is 6.51. The van der Waals surface area contributed by atoms with Gasteiger partial charge in [-0.05, 0) is 35.9 Å². The van der Waals surface area contributed by atoms with Crippen LogP contribution in [0.3, 0.4) is 0 Å². The number of fused-ring (bicyclic) bond motifs is 1. The summed E-state index contributed by atoms with van der Waals surface area (Å²) in [6, 6.07) is 16.8.